The van der Waals surface area contributed by atoms with Crippen molar-refractivity contribution < 1.29 is 9.32 Å². The molecular formula is C23H25N3O2S. The average Bonchev–Trinajstić information content (AvgIpc) is 3.34. The van der Waals surface area contributed by atoms with Crippen molar-refractivity contribution in [2.24, 2.45) is 0 Å². The van der Waals surface area contributed by atoms with Crippen LogP contribution in [0.15, 0.2) is 57.9 Å². The Balaban J connectivity index is 1.52. The molecule has 1 aliphatic rings. The molecule has 0 saturated carbocycles. The summed E-state index contributed by atoms with van der Waals surface area (Å²) in [4.78, 5) is 20.1. The summed E-state index contributed by atoms with van der Waals surface area (Å²) in [6.07, 6.45) is 2.42. The minimum Gasteiger partial charge on any atom is -0.334 e. The highest BCUT2D eigenvalue weighted by Gasteiger charge is 2.34. The highest BCUT2D eigenvalue weighted by molar-refractivity contribution is 7.98. The number of anilines is 1. The summed E-state index contributed by atoms with van der Waals surface area (Å²) in [6, 6.07) is 16.3. The highest BCUT2D eigenvalue weighted by Crippen LogP contribution is 2.33. The fourth-order valence-corrected chi connectivity index (χ4v) is 3.99. The summed E-state index contributed by atoms with van der Waals surface area (Å²) in [5, 5.41) is 4.17. The van der Waals surface area contributed by atoms with Crippen molar-refractivity contribution in [1.29, 1.82) is 0 Å². The van der Waals surface area contributed by atoms with Gasteiger partial charge in [-0.15, -0.1) is 11.8 Å². The Morgan fingerprint density at radius 1 is 1.14 bits per heavy atom. The fraction of sp³-hybridized carbons (Fsp3) is 0.348. The highest BCUT2D eigenvalue weighted by atomic mass is 32.2. The monoisotopic (exact) mass is 407 g/mol. The third kappa shape index (κ3) is 4.08. The Labute approximate surface area is 175 Å². The first kappa shape index (κ1) is 19.7. The van der Waals surface area contributed by atoms with Gasteiger partial charge >= 0.3 is 0 Å². The number of amides is 1. The number of carbonyl (C=O) groups is 1. The molecule has 6 heteroatoms. The van der Waals surface area contributed by atoms with E-state index in [1.54, 1.807) is 11.8 Å². The van der Waals surface area contributed by atoms with Crippen molar-refractivity contribution in [1.82, 2.24) is 10.1 Å². The van der Waals surface area contributed by atoms with Gasteiger partial charge < -0.3 is 9.42 Å². The number of benzene rings is 2. The van der Waals surface area contributed by atoms with Gasteiger partial charge in [0.2, 0.25) is 5.91 Å². The van der Waals surface area contributed by atoms with E-state index in [9.17, 15) is 4.79 Å². The molecule has 1 aliphatic heterocycles. The SMILES string of the molecule is CSc1cccc(N2CC(c3noc(-c4ccc(C(C)(C)C)cc4)n3)CC2=O)c1. The quantitative estimate of drug-likeness (QED) is 0.551. The molecule has 3 aromatic rings. The van der Waals surface area contributed by atoms with Gasteiger partial charge in [-0.2, -0.15) is 4.98 Å². The summed E-state index contributed by atoms with van der Waals surface area (Å²) in [5.74, 6) is 1.12. The van der Waals surface area contributed by atoms with E-state index in [2.05, 4.69) is 43.0 Å². The number of hydrogen-bond donors (Lipinski definition) is 0. The van der Waals surface area contributed by atoms with Crippen molar-refractivity contribution in [2.75, 3.05) is 17.7 Å². The van der Waals surface area contributed by atoms with E-state index < -0.39 is 0 Å². The van der Waals surface area contributed by atoms with Crippen molar-refractivity contribution >= 4 is 23.4 Å². The van der Waals surface area contributed by atoms with Crippen LogP contribution < -0.4 is 4.90 Å². The number of carbonyl (C=O) groups excluding carboxylic acids is 1. The molecule has 4 rings (SSSR count). The Kier molecular flexibility index (Phi) is 5.21. The maximum atomic E-state index is 12.6. The molecule has 1 unspecified atom stereocenters. The Hall–Kier alpha value is -2.60. The molecule has 0 bridgehead atoms. The van der Waals surface area contributed by atoms with E-state index >= 15 is 0 Å². The van der Waals surface area contributed by atoms with Gasteiger partial charge in [0.05, 0.1) is 0 Å². The maximum absolute atomic E-state index is 12.6. The second-order valence-electron chi connectivity index (χ2n) is 8.39. The minimum absolute atomic E-state index is 0.0632. The van der Waals surface area contributed by atoms with Crippen LogP contribution in [-0.2, 0) is 10.2 Å². The molecule has 2 heterocycles. The van der Waals surface area contributed by atoms with E-state index in [0.29, 0.717) is 24.7 Å². The first-order valence-electron chi connectivity index (χ1n) is 9.74. The lowest BCUT2D eigenvalue weighted by Crippen LogP contribution is -2.24. The summed E-state index contributed by atoms with van der Waals surface area (Å²) in [7, 11) is 0. The molecule has 1 atom stereocenters. The van der Waals surface area contributed by atoms with Crippen LogP contribution in [0.25, 0.3) is 11.5 Å². The fourth-order valence-electron chi connectivity index (χ4n) is 3.54. The van der Waals surface area contributed by atoms with Crippen LogP contribution in [0.1, 0.15) is 44.5 Å². The molecule has 150 valence electrons. The summed E-state index contributed by atoms with van der Waals surface area (Å²) in [5.41, 5.74) is 3.17. The molecule has 0 N–H and O–H groups in total. The topological polar surface area (TPSA) is 59.2 Å². The van der Waals surface area contributed by atoms with Crippen LogP contribution in [-0.4, -0.2) is 28.8 Å². The van der Waals surface area contributed by atoms with E-state index in [4.69, 9.17) is 4.52 Å². The summed E-state index contributed by atoms with van der Waals surface area (Å²) >= 11 is 1.67. The van der Waals surface area contributed by atoms with Gasteiger partial charge in [0.1, 0.15) is 0 Å². The molecular weight excluding hydrogens is 382 g/mol. The second kappa shape index (κ2) is 7.67. The zero-order valence-corrected chi connectivity index (χ0v) is 18.0. The largest absolute Gasteiger partial charge is 0.334 e. The Bertz CT molecular complexity index is 1020. The van der Waals surface area contributed by atoms with Crippen LogP contribution in [0.3, 0.4) is 0 Å². The van der Waals surface area contributed by atoms with Crippen LogP contribution in [0.5, 0.6) is 0 Å². The van der Waals surface area contributed by atoms with Gasteiger partial charge in [0, 0.05) is 35.0 Å². The number of thioether (sulfide) groups is 1. The maximum Gasteiger partial charge on any atom is 0.257 e. The third-order valence-electron chi connectivity index (χ3n) is 5.29. The van der Waals surface area contributed by atoms with E-state index in [-0.39, 0.29) is 17.2 Å². The van der Waals surface area contributed by atoms with E-state index in [1.807, 2.05) is 47.6 Å². The number of hydrogen-bond acceptors (Lipinski definition) is 5. The van der Waals surface area contributed by atoms with Gasteiger partial charge in [-0.05, 0) is 47.6 Å². The third-order valence-corrected chi connectivity index (χ3v) is 6.02. The molecule has 0 aliphatic carbocycles. The Morgan fingerprint density at radius 2 is 1.90 bits per heavy atom. The number of aromatic nitrogens is 2. The predicted molar refractivity (Wildman–Crippen MR) is 116 cm³/mol. The van der Waals surface area contributed by atoms with Crippen LogP contribution in [0.2, 0.25) is 0 Å². The lowest BCUT2D eigenvalue weighted by molar-refractivity contribution is -0.117. The first-order chi connectivity index (χ1) is 13.8. The average molecular weight is 408 g/mol. The zero-order chi connectivity index (χ0) is 20.6. The molecule has 1 saturated heterocycles. The molecule has 1 amide bonds. The zero-order valence-electron chi connectivity index (χ0n) is 17.2. The summed E-state index contributed by atoms with van der Waals surface area (Å²) < 4.78 is 5.51. The molecule has 1 fully saturated rings. The summed E-state index contributed by atoms with van der Waals surface area (Å²) in [6.45, 7) is 7.12. The van der Waals surface area contributed by atoms with Gasteiger partial charge in [0.15, 0.2) is 5.82 Å². The van der Waals surface area contributed by atoms with Gasteiger partial charge in [0.25, 0.3) is 5.89 Å². The number of rotatable bonds is 4. The number of nitrogens with zero attached hydrogens (tertiary/aromatic N) is 3. The minimum atomic E-state index is -0.0632. The van der Waals surface area contributed by atoms with Gasteiger partial charge in [-0.3, -0.25) is 4.79 Å². The van der Waals surface area contributed by atoms with Crippen molar-refractivity contribution in [3.8, 4) is 11.5 Å². The molecule has 0 radical (unpaired) electrons. The van der Waals surface area contributed by atoms with Crippen molar-refractivity contribution in [2.45, 2.75) is 43.4 Å². The van der Waals surface area contributed by atoms with E-state index in [0.717, 1.165) is 16.1 Å². The second-order valence-corrected chi connectivity index (χ2v) is 9.27. The normalized spacial score (nSPS) is 17.2. The predicted octanol–water partition coefficient (Wildman–Crippen LogP) is 5.28. The lowest BCUT2D eigenvalue weighted by atomic mass is 9.87. The molecule has 29 heavy (non-hydrogen) atoms. The first-order valence-corrected chi connectivity index (χ1v) is 11.0. The van der Waals surface area contributed by atoms with Gasteiger partial charge in [-0.1, -0.05) is 44.1 Å². The van der Waals surface area contributed by atoms with Crippen LogP contribution in [0, 0.1) is 0 Å². The molecule has 1 aromatic heterocycles. The smallest absolute Gasteiger partial charge is 0.257 e. The van der Waals surface area contributed by atoms with Crippen LogP contribution >= 0.6 is 11.8 Å². The Morgan fingerprint density at radius 3 is 2.59 bits per heavy atom. The van der Waals surface area contributed by atoms with E-state index in [1.165, 1.54) is 5.56 Å². The lowest BCUT2D eigenvalue weighted by Gasteiger charge is -2.18. The molecule has 0 spiro atoms. The van der Waals surface area contributed by atoms with Crippen molar-refractivity contribution in [3.63, 3.8) is 0 Å². The molecule has 5 nitrogen and oxygen atoms in total. The standard InChI is InChI=1S/C23H25N3O2S/c1-23(2,3)17-10-8-15(9-11-17)22-24-21(25-28-22)16-12-20(27)26(14-16)18-6-5-7-19(13-18)29-4/h5-11,13,16H,12,14H2,1-4H3. The van der Waals surface area contributed by atoms with Crippen molar-refractivity contribution in [3.05, 3.63) is 59.9 Å². The van der Waals surface area contributed by atoms with Gasteiger partial charge in [-0.25, -0.2) is 0 Å². The van der Waals surface area contributed by atoms with Crippen LogP contribution in [0.4, 0.5) is 5.69 Å². The molecule has 2 aromatic carbocycles.